The minimum absolute atomic E-state index is 0.000205. The molecule has 1 N–H and O–H groups in total. The molecule has 0 radical (unpaired) electrons. The second-order valence-electron chi connectivity index (χ2n) is 4.78. The Balaban J connectivity index is 2.25. The van der Waals surface area contributed by atoms with Crippen LogP contribution in [0.2, 0.25) is 0 Å². The number of pyridine rings is 1. The average Bonchev–Trinajstić information content (AvgIpc) is 2.79. The molecule has 110 valence electrons. The lowest BCUT2D eigenvalue weighted by Crippen LogP contribution is -2.17. The van der Waals surface area contributed by atoms with E-state index in [0.29, 0.717) is 18.0 Å². The van der Waals surface area contributed by atoms with Gasteiger partial charge in [-0.25, -0.2) is 18.1 Å². The number of hydrogen-bond donors (Lipinski definition) is 1. The van der Waals surface area contributed by atoms with Gasteiger partial charge in [-0.2, -0.15) is 5.10 Å². The Kier molecular flexibility index (Phi) is 4.49. The number of fused-ring (bicyclic) bond motifs is 1. The highest BCUT2D eigenvalue weighted by molar-refractivity contribution is 7.92. The monoisotopic (exact) mass is 316 g/mol. The molecule has 0 aliphatic carbocycles. The molecule has 2 rings (SSSR count). The average molecular weight is 317 g/mol. The SMILES string of the molecule is CC(C)n1ncc2cc(NS(=O)(=O)CCCCl)cnc21. The van der Waals surface area contributed by atoms with Crippen LogP contribution in [0, 0.1) is 0 Å². The zero-order valence-corrected chi connectivity index (χ0v) is 12.9. The highest BCUT2D eigenvalue weighted by Gasteiger charge is 2.12. The zero-order chi connectivity index (χ0) is 14.8. The molecule has 0 atom stereocenters. The standard InChI is InChI=1S/C12H17ClN4O2S/c1-9(2)17-12-10(7-15-17)6-11(8-14-12)16-20(18,19)5-3-4-13/h6-9,16H,3-5H2,1-2H3. The number of rotatable bonds is 6. The number of aromatic nitrogens is 3. The van der Waals surface area contributed by atoms with Gasteiger partial charge < -0.3 is 0 Å². The maximum atomic E-state index is 11.8. The van der Waals surface area contributed by atoms with Crippen molar-refractivity contribution >= 4 is 38.3 Å². The third-order valence-electron chi connectivity index (χ3n) is 2.74. The van der Waals surface area contributed by atoms with E-state index in [1.807, 2.05) is 13.8 Å². The zero-order valence-electron chi connectivity index (χ0n) is 11.4. The lowest BCUT2D eigenvalue weighted by Gasteiger charge is -2.08. The molecular formula is C12H17ClN4O2S. The van der Waals surface area contributed by atoms with Crippen LogP contribution < -0.4 is 4.72 Å². The van der Waals surface area contributed by atoms with Crippen molar-refractivity contribution in [1.82, 2.24) is 14.8 Å². The Labute approximate surface area is 123 Å². The topological polar surface area (TPSA) is 76.9 Å². The summed E-state index contributed by atoms with van der Waals surface area (Å²) in [6.07, 6.45) is 3.60. The van der Waals surface area contributed by atoms with E-state index in [4.69, 9.17) is 11.6 Å². The fraction of sp³-hybridized carbons (Fsp3) is 0.500. The predicted octanol–water partition coefficient (Wildman–Crippen LogP) is 2.38. The molecule has 0 amide bonds. The van der Waals surface area contributed by atoms with Crippen LogP contribution in [0.25, 0.3) is 11.0 Å². The van der Waals surface area contributed by atoms with Crippen LogP contribution >= 0.6 is 11.6 Å². The van der Waals surface area contributed by atoms with Gasteiger partial charge in [-0.05, 0) is 26.3 Å². The minimum atomic E-state index is -3.38. The molecule has 0 aromatic carbocycles. The van der Waals surface area contributed by atoms with E-state index >= 15 is 0 Å². The van der Waals surface area contributed by atoms with E-state index in [9.17, 15) is 8.42 Å². The highest BCUT2D eigenvalue weighted by Crippen LogP contribution is 2.19. The van der Waals surface area contributed by atoms with Crippen LogP contribution in [-0.4, -0.2) is 34.8 Å². The minimum Gasteiger partial charge on any atom is -0.282 e. The summed E-state index contributed by atoms with van der Waals surface area (Å²) in [6.45, 7) is 4.02. The van der Waals surface area contributed by atoms with E-state index in [-0.39, 0.29) is 11.8 Å². The molecule has 2 aromatic rings. The van der Waals surface area contributed by atoms with Crippen LogP contribution in [0.1, 0.15) is 26.3 Å². The van der Waals surface area contributed by atoms with Crippen LogP contribution in [0.3, 0.4) is 0 Å². The van der Waals surface area contributed by atoms with Crippen molar-refractivity contribution in [2.24, 2.45) is 0 Å². The summed E-state index contributed by atoms with van der Waals surface area (Å²) in [7, 11) is -3.38. The first kappa shape index (κ1) is 15.1. The molecule has 8 heteroatoms. The summed E-state index contributed by atoms with van der Waals surface area (Å²) in [5.74, 6) is 0.319. The predicted molar refractivity (Wildman–Crippen MR) is 80.7 cm³/mol. The maximum Gasteiger partial charge on any atom is 0.232 e. The number of anilines is 1. The molecule has 0 fully saturated rings. The molecule has 20 heavy (non-hydrogen) atoms. The van der Waals surface area contributed by atoms with Crippen LogP contribution in [0.15, 0.2) is 18.5 Å². The van der Waals surface area contributed by atoms with Crippen molar-refractivity contribution in [3.63, 3.8) is 0 Å². The van der Waals surface area contributed by atoms with Gasteiger partial charge >= 0.3 is 0 Å². The molecule has 0 unspecified atom stereocenters. The normalized spacial score (nSPS) is 12.2. The van der Waals surface area contributed by atoms with Crippen LogP contribution in [0.5, 0.6) is 0 Å². The fourth-order valence-electron chi connectivity index (χ4n) is 1.85. The molecule has 0 saturated carbocycles. The molecule has 2 aromatic heterocycles. The van der Waals surface area contributed by atoms with Crippen molar-refractivity contribution in [2.75, 3.05) is 16.4 Å². The number of sulfonamides is 1. The Morgan fingerprint density at radius 2 is 2.15 bits per heavy atom. The largest absolute Gasteiger partial charge is 0.282 e. The number of nitrogens with zero attached hydrogens (tertiary/aromatic N) is 3. The Morgan fingerprint density at radius 1 is 1.40 bits per heavy atom. The van der Waals surface area contributed by atoms with Crippen LogP contribution in [-0.2, 0) is 10.0 Å². The molecule has 2 heterocycles. The van der Waals surface area contributed by atoms with E-state index in [1.54, 1.807) is 16.9 Å². The van der Waals surface area contributed by atoms with Crippen molar-refractivity contribution in [3.05, 3.63) is 18.5 Å². The van der Waals surface area contributed by atoms with Gasteiger partial charge in [0.2, 0.25) is 10.0 Å². The van der Waals surface area contributed by atoms with Gasteiger partial charge in [-0.1, -0.05) is 0 Å². The molecule has 6 nitrogen and oxygen atoms in total. The number of alkyl halides is 1. The summed E-state index contributed by atoms with van der Waals surface area (Å²) >= 11 is 5.51. The lowest BCUT2D eigenvalue weighted by molar-refractivity contribution is 0.546. The van der Waals surface area contributed by atoms with Crippen LogP contribution in [0.4, 0.5) is 5.69 Å². The van der Waals surface area contributed by atoms with Gasteiger partial charge in [-0.15, -0.1) is 11.6 Å². The molecule has 0 saturated heterocycles. The summed E-state index contributed by atoms with van der Waals surface area (Å²) in [4.78, 5) is 4.27. The Morgan fingerprint density at radius 3 is 2.80 bits per heavy atom. The first-order valence-electron chi connectivity index (χ1n) is 6.32. The first-order valence-corrected chi connectivity index (χ1v) is 8.51. The smallest absolute Gasteiger partial charge is 0.232 e. The number of nitrogens with one attached hydrogen (secondary N) is 1. The Bertz CT molecular complexity index is 697. The number of hydrogen-bond acceptors (Lipinski definition) is 4. The van der Waals surface area contributed by atoms with E-state index in [2.05, 4.69) is 14.8 Å². The molecule has 0 spiro atoms. The van der Waals surface area contributed by atoms with Gasteiger partial charge in [-0.3, -0.25) is 4.72 Å². The van der Waals surface area contributed by atoms with Crippen molar-refractivity contribution in [3.8, 4) is 0 Å². The van der Waals surface area contributed by atoms with E-state index in [0.717, 1.165) is 11.0 Å². The van der Waals surface area contributed by atoms with Gasteiger partial charge in [0.1, 0.15) is 0 Å². The Hall–Kier alpha value is -1.34. The van der Waals surface area contributed by atoms with Gasteiger partial charge in [0.05, 0.1) is 23.8 Å². The summed E-state index contributed by atoms with van der Waals surface area (Å²) < 4.78 is 27.9. The van der Waals surface area contributed by atoms with Gasteiger partial charge in [0, 0.05) is 17.3 Å². The maximum absolute atomic E-state index is 11.8. The van der Waals surface area contributed by atoms with E-state index in [1.165, 1.54) is 6.20 Å². The first-order chi connectivity index (χ1) is 9.43. The number of halogens is 1. The lowest BCUT2D eigenvalue weighted by atomic mass is 10.3. The molecule has 0 aliphatic rings. The van der Waals surface area contributed by atoms with E-state index < -0.39 is 10.0 Å². The van der Waals surface area contributed by atoms with Crippen molar-refractivity contribution in [1.29, 1.82) is 0 Å². The quantitative estimate of drug-likeness (QED) is 0.830. The highest BCUT2D eigenvalue weighted by atomic mass is 35.5. The second-order valence-corrected chi connectivity index (χ2v) is 7.00. The van der Waals surface area contributed by atoms with Crippen molar-refractivity contribution in [2.45, 2.75) is 26.3 Å². The summed E-state index contributed by atoms with van der Waals surface area (Å²) in [5, 5.41) is 5.04. The van der Waals surface area contributed by atoms with Gasteiger partial charge in [0.25, 0.3) is 0 Å². The third kappa shape index (κ3) is 3.40. The second kappa shape index (κ2) is 5.97. The summed E-state index contributed by atoms with van der Waals surface area (Å²) in [6, 6.07) is 1.93. The van der Waals surface area contributed by atoms with Crippen molar-refractivity contribution < 1.29 is 8.42 Å². The van der Waals surface area contributed by atoms with Gasteiger partial charge in [0.15, 0.2) is 5.65 Å². The molecule has 0 aliphatic heterocycles. The molecule has 0 bridgehead atoms. The molecular weight excluding hydrogens is 300 g/mol. The fourth-order valence-corrected chi connectivity index (χ4v) is 3.24. The summed E-state index contributed by atoms with van der Waals surface area (Å²) in [5.41, 5.74) is 1.18. The third-order valence-corrected chi connectivity index (χ3v) is 4.38.